The van der Waals surface area contributed by atoms with Gasteiger partial charge in [-0.05, 0) is 24.6 Å². The maximum Gasteiger partial charge on any atom is 0.422 e. The Morgan fingerprint density at radius 1 is 1.26 bits per heavy atom. The lowest BCUT2D eigenvalue weighted by molar-refractivity contribution is -0.154. The van der Waals surface area contributed by atoms with Crippen LogP contribution in [0.2, 0.25) is 0 Å². The van der Waals surface area contributed by atoms with Crippen LogP contribution in [0.1, 0.15) is 21.5 Å². The number of pyridine rings is 1. The maximum absolute atomic E-state index is 12.0. The molecule has 0 saturated heterocycles. The summed E-state index contributed by atoms with van der Waals surface area (Å²) in [4.78, 5) is 15.7. The summed E-state index contributed by atoms with van der Waals surface area (Å²) in [7, 11) is 0. The lowest BCUT2D eigenvalue weighted by atomic mass is 10.1. The Morgan fingerprint density at radius 3 is 2.65 bits per heavy atom. The Labute approximate surface area is 131 Å². The van der Waals surface area contributed by atoms with Gasteiger partial charge in [-0.2, -0.15) is 13.2 Å². The van der Waals surface area contributed by atoms with E-state index in [-0.39, 0.29) is 18.3 Å². The highest BCUT2D eigenvalue weighted by molar-refractivity contribution is 5.94. The largest absolute Gasteiger partial charge is 0.468 e. The number of rotatable bonds is 5. The summed E-state index contributed by atoms with van der Waals surface area (Å²) < 4.78 is 40.6. The van der Waals surface area contributed by atoms with Crippen molar-refractivity contribution in [3.8, 4) is 5.88 Å². The first-order chi connectivity index (χ1) is 10.8. The number of hydrogen-bond donors (Lipinski definition) is 1. The molecule has 1 amide bonds. The van der Waals surface area contributed by atoms with E-state index in [0.717, 1.165) is 5.56 Å². The molecule has 0 spiro atoms. The van der Waals surface area contributed by atoms with E-state index in [1.807, 2.05) is 13.0 Å². The van der Waals surface area contributed by atoms with Gasteiger partial charge in [0.05, 0.1) is 0 Å². The summed E-state index contributed by atoms with van der Waals surface area (Å²) in [6.07, 6.45) is -3.04. The number of halogens is 3. The van der Waals surface area contributed by atoms with Gasteiger partial charge < -0.3 is 10.1 Å². The van der Waals surface area contributed by atoms with Crippen molar-refractivity contribution in [2.45, 2.75) is 19.6 Å². The number of nitrogens with zero attached hydrogens (tertiary/aromatic N) is 1. The lowest BCUT2D eigenvalue weighted by Crippen LogP contribution is -2.23. The molecule has 7 heteroatoms. The van der Waals surface area contributed by atoms with Gasteiger partial charge in [0.2, 0.25) is 5.88 Å². The van der Waals surface area contributed by atoms with Gasteiger partial charge in [-0.3, -0.25) is 4.79 Å². The normalized spacial score (nSPS) is 11.1. The van der Waals surface area contributed by atoms with Crippen molar-refractivity contribution in [2.75, 3.05) is 6.61 Å². The van der Waals surface area contributed by atoms with E-state index in [4.69, 9.17) is 0 Å². The summed E-state index contributed by atoms with van der Waals surface area (Å²) in [5, 5.41) is 2.72. The number of carbonyl (C=O) groups excluding carboxylic acids is 1. The second kappa shape index (κ2) is 7.13. The van der Waals surface area contributed by atoms with Crippen LogP contribution in [0.5, 0.6) is 5.88 Å². The van der Waals surface area contributed by atoms with Crippen molar-refractivity contribution in [1.29, 1.82) is 0 Å². The highest BCUT2D eigenvalue weighted by atomic mass is 19.4. The summed E-state index contributed by atoms with van der Waals surface area (Å²) in [5.74, 6) is -0.345. The Bertz CT molecular complexity index is 670. The number of nitrogens with one attached hydrogen (secondary N) is 1. The summed E-state index contributed by atoms with van der Waals surface area (Å²) >= 11 is 0. The van der Waals surface area contributed by atoms with Crippen LogP contribution in [-0.2, 0) is 6.54 Å². The fraction of sp³-hybridized carbons (Fsp3) is 0.250. The fourth-order valence-corrected chi connectivity index (χ4v) is 1.83. The topological polar surface area (TPSA) is 51.2 Å². The molecule has 0 fully saturated rings. The minimum Gasteiger partial charge on any atom is -0.468 e. The Morgan fingerprint density at radius 2 is 2.04 bits per heavy atom. The molecule has 23 heavy (non-hydrogen) atoms. The first-order valence-corrected chi connectivity index (χ1v) is 6.83. The molecule has 0 radical (unpaired) electrons. The van der Waals surface area contributed by atoms with E-state index in [1.54, 1.807) is 24.3 Å². The fourth-order valence-electron chi connectivity index (χ4n) is 1.83. The van der Waals surface area contributed by atoms with Crippen molar-refractivity contribution in [1.82, 2.24) is 10.3 Å². The van der Waals surface area contributed by atoms with Crippen LogP contribution < -0.4 is 10.1 Å². The molecule has 0 aliphatic carbocycles. The van der Waals surface area contributed by atoms with Crippen molar-refractivity contribution in [3.05, 3.63) is 59.3 Å². The molecular formula is C16H15F3N2O2. The Hall–Kier alpha value is -2.57. The molecule has 0 saturated carbocycles. The quantitative estimate of drug-likeness (QED) is 0.918. The zero-order valence-electron chi connectivity index (χ0n) is 12.4. The van der Waals surface area contributed by atoms with E-state index in [0.29, 0.717) is 11.1 Å². The monoisotopic (exact) mass is 324 g/mol. The van der Waals surface area contributed by atoms with Crippen molar-refractivity contribution in [2.24, 2.45) is 0 Å². The molecule has 4 nitrogen and oxygen atoms in total. The van der Waals surface area contributed by atoms with Crippen LogP contribution in [0.4, 0.5) is 13.2 Å². The van der Waals surface area contributed by atoms with Gasteiger partial charge in [-0.15, -0.1) is 0 Å². The minimum atomic E-state index is -4.40. The van der Waals surface area contributed by atoms with Crippen LogP contribution >= 0.6 is 0 Å². The van der Waals surface area contributed by atoms with Crippen molar-refractivity contribution in [3.63, 3.8) is 0 Å². The molecule has 0 atom stereocenters. The van der Waals surface area contributed by atoms with Crippen molar-refractivity contribution < 1.29 is 22.7 Å². The molecule has 1 N–H and O–H groups in total. The van der Waals surface area contributed by atoms with Gasteiger partial charge in [-0.25, -0.2) is 4.98 Å². The third kappa shape index (κ3) is 5.61. The van der Waals surface area contributed by atoms with Gasteiger partial charge in [0.15, 0.2) is 6.61 Å². The molecule has 0 aliphatic heterocycles. The second-order valence-electron chi connectivity index (χ2n) is 4.96. The highest BCUT2D eigenvalue weighted by Gasteiger charge is 2.28. The van der Waals surface area contributed by atoms with Gasteiger partial charge in [0, 0.05) is 24.4 Å². The predicted octanol–water partition coefficient (Wildman–Crippen LogP) is 3.26. The standard InChI is InChI=1S/C16H15F3N2O2/c1-11-3-2-4-13(7-11)15(22)21-9-12-5-6-14(20-8-12)23-10-16(17,18)19/h2-8H,9-10H2,1H3,(H,21,22). The van der Waals surface area contributed by atoms with Crippen LogP contribution in [0, 0.1) is 6.92 Å². The maximum atomic E-state index is 12.0. The summed E-state index contributed by atoms with van der Waals surface area (Å²) in [6.45, 7) is 0.725. The van der Waals surface area contributed by atoms with Crippen LogP contribution in [0.3, 0.4) is 0 Å². The number of carbonyl (C=O) groups is 1. The second-order valence-corrected chi connectivity index (χ2v) is 4.96. The number of aromatic nitrogens is 1. The van der Waals surface area contributed by atoms with Crippen LogP contribution in [0.25, 0.3) is 0 Å². The SMILES string of the molecule is Cc1cccc(C(=O)NCc2ccc(OCC(F)(F)F)nc2)c1. The molecule has 2 rings (SSSR count). The van der Waals surface area contributed by atoms with Crippen molar-refractivity contribution >= 4 is 5.91 Å². The number of alkyl halides is 3. The third-order valence-corrected chi connectivity index (χ3v) is 2.91. The average molecular weight is 324 g/mol. The molecule has 2 aromatic rings. The molecular weight excluding hydrogens is 309 g/mol. The van der Waals surface area contributed by atoms with Gasteiger partial charge >= 0.3 is 6.18 Å². The third-order valence-electron chi connectivity index (χ3n) is 2.91. The number of aryl methyl sites for hydroxylation is 1. The van der Waals surface area contributed by atoms with Crippen LogP contribution in [-0.4, -0.2) is 23.7 Å². The predicted molar refractivity (Wildman–Crippen MR) is 78.1 cm³/mol. The first kappa shape index (κ1) is 16.8. The minimum absolute atomic E-state index is 0.115. The summed E-state index contributed by atoms with van der Waals surface area (Å²) in [6, 6.07) is 10.0. The van der Waals surface area contributed by atoms with E-state index in [2.05, 4.69) is 15.0 Å². The van der Waals surface area contributed by atoms with Gasteiger partial charge in [0.1, 0.15) is 0 Å². The number of ether oxygens (including phenoxy) is 1. The van der Waals surface area contributed by atoms with Crippen LogP contribution in [0.15, 0.2) is 42.6 Å². The number of hydrogen-bond acceptors (Lipinski definition) is 3. The van der Waals surface area contributed by atoms with E-state index >= 15 is 0 Å². The smallest absolute Gasteiger partial charge is 0.422 e. The zero-order chi connectivity index (χ0) is 16.9. The average Bonchev–Trinajstić information content (AvgIpc) is 2.51. The number of benzene rings is 1. The van der Waals surface area contributed by atoms with E-state index in [9.17, 15) is 18.0 Å². The highest BCUT2D eigenvalue weighted by Crippen LogP contribution is 2.17. The van der Waals surface area contributed by atoms with Gasteiger partial charge in [0.25, 0.3) is 5.91 Å². The van der Waals surface area contributed by atoms with Gasteiger partial charge in [-0.1, -0.05) is 23.8 Å². The zero-order valence-corrected chi connectivity index (χ0v) is 12.4. The first-order valence-electron chi connectivity index (χ1n) is 6.83. The lowest BCUT2D eigenvalue weighted by Gasteiger charge is -2.09. The molecule has 122 valence electrons. The van der Waals surface area contributed by atoms with E-state index in [1.165, 1.54) is 12.3 Å². The number of amides is 1. The van der Waals surface area contributed by atoms with E-state index < -0.39 is 12.8 Å². The molecule has 1 aromatic heterocycles. The molecule has 0 unspecified atom stereocenters. The Balaban J connectivity index is 1.87. The Kier molecular flexibility index (Phi) is 5.20. The molecule has 0 bridgehead atoms. The summed E-state index contributed by atoms with van der Waals surface area (Å²) in [5.41, 5.74) is 2.18. The molecule has 1 heterocycles. The molecule has 0 aliphatic rings. The molecule has 1 aromatic carbocycles.